The van der Waals surface area contributed by atoms with E-state index in [2.05, 4.69) is 0 Å². The predicted molar refractivity (Wildman–Crippen MR) is 86.4 cm³/mol. The number of aliphatic hydroxyl groups is 1. The van der Waals surface area contributed by atoms with Gasteiger partial charge in [-0.3, -0.25) is 0 Å². The first-order valence-corrected chi connectivity index (χ1v) is 8.99. The maximum atomic E-state index is 13.1. The molecule has 3 rings (SSSR count). The average Bonchev–Trinajstić information content (AvgIpc) is 3.26. The van der Waals surface area contributed by atoms with Crippen LogP contribution >= 0.6 is 0 Å². The largest absolute Gasteiger partial charge is 0.395 e. The lowest BCUT2D eigenvalue weighted by molar-refractivity contribution is 0.242. The summed E-state index contributed by atoms with van der Waals surface area (Å²) in [6.07, 6.45) is 0. The van der Waals surface area contributed by atoms with Crippen molar-refractivity contribution in [3.8, 4) is 6.07 Å². The molecule has 0 amide bonds. The Kier molecular flexibility index (Phi) is 3.94. The van der Waals surface area contributed by atoms with E-state index in [9.17, 15) is 23.2 Å². The molecule has 0 saturated heterocycles. The minimum Gasteiger partial charge on any atom is -0.395 e. The molecule has 1 aliphatic carbocycles. The maximum absolute atomic E-state index is 13.1. The zero-order chi connectivity index (χ0) is 17.5. The van der Waals surface area contributed by atoms with Crippen molar-refractivity contribution in [2.75, 3.05) is 6.61 Å². The molecule has 0 heterocycles. The van der Waals surface area contributed by atoms with Crippen molar-refractivity contribution in [1.29, 1.82) is 5.26 Å². The lowest BCUT2D eigenvalue weighted by Crippen LogP contribution is -2.18. The minimum absolute atomic E-state index is 0.121. The molecule has 3 atom stereocenters. The first-order valence-electron chi connectivity index (χ1n) is 7.45. The van der Waals surface area contributed by atoms with Crippen molar-refractivity contribution in [2.24, 2.45) is 5.41 Å². The Morgan fingerprint density at radius 2 is 1.75 bits per heavy atom. The van der Waals surface area contributed by atoms with Gasteiger partial charge in [0.1, 0.15) is 11.2 Å². The Morgan fingerprint density at radius 1 is 1.17 bits per heavy atom. The Hall–Kier alpha value is -2.23. The molecule has 0 radical (unpaired) electrons. The van der Waals surface area contributed by atoms with Crippen LogP contribution in [0.2, 0.25) is 0 Å². The van der Waals surface area contributed by atoms with Crippen LogP contribution in [0.15, 0.2) is 53.4 Å². The number of sulfone groups is 1. The van der Waals surface area contributed by atoms with Crippen LogP contribution in [0.3, 0.4) is 0 Å². The summed E-state index contributed by atoms with van der Waals surface area (Å²) in [6.45, 7) is 1.28. The van der Waals surface area contributed by atoms with Gasteiger partial charge in [0.2, 0.25) is 0 Å². The van der Waals surface area contributed by atoms with Crippen molar-refractivity contribution in [3.63, 3.8) is 0 Å². The summed E-state index contributed by atoms with van der Waals surface area (Å²) < 4.78 is 39.0. The second-order valence-electron chi connectivity index (χ2n) is 6.12. The van der Waals surface area contributed by atoms with Gasteiger partial charge in [-0.05, 0) is 36.8 Å². The van der Waals surface area contributed by atoms with Crippen LogP contribution in [0.5, 0.6) is 0 Å². The van der Waals surface area contributed by atoms with Gasteiger partial charge in [0, 0.05) is 5.92 Å². The van der Waals surface area contributed by atoms with Crippen LogP contribution in [-0.4, -0.2) is 25.4 Å². The van der Waals surface area contributed by atoms with Crippen LogP contribution in [0.4, 0.5) is 4.39 Å². The molecule has 0 aromatic heterocycles. The van der Waals surface area contributed by atoms with Gasteiger partial charge in [-0.2, -0.15) is 5.26 Å². The third kappa shape index (κ3) is 2.41. The zero-order valence-corrected chi connectivity index (χ0v) is 13.8. The Bertz CT molecular complexity index is 901. The quantitative estimate of drug-likeness (QED) is 0.924. The van der Waals surface area contributed by atoms with Gasteiger partial charge in [-0.15, -0.1) is 0 Å². The molecule has 2 aromatic rings. The number of nitriles is 1. The van der Waals surface area contributed by atoms with Crippen LogP contribution in [0, 0.1) is 29.5 Å². The molecular formula is C18H16FNO3S. The van der Waals surface area contributed by atoms with E-state index in [1.54, 1.807) is 12.1 Å². The summed E-state index contributed by atoms with van der Waals surface area (Å²) in [5.74, 6) is -1.12. The Labute approximate surface area is 140 Å². The van der Waals surface area contributed by atoms with Crippen molar-refractivity contribution in [1.82, 2.24) is 0 Å². The molecule has 1 N–H and O–H groups in total. The van der Waals surface area contributed by atoms with Crippen molar-refractivity contribution >= 4 is 9.84 Å². The molecule has 3 unspecified atom stereocenters. The third-order valence-electron chi connectivity index (χ3n) is 4.64. The molecule has 124 valence electrons. The Balaban J connectivity index is 2.06. The number of rotatable bonds is 4. The van der Waals surface area contributed by atoms with Crippen molar-refractivity contribution < 1.29 is 17.9 Å². The van der Waals surface area contributed by atoms with Gasteiger partial charge >= 0.3 is 0 Å². The summed E-state index contributed by atoms with van der Waals surface area (Å²) in [5, 5.41) is 18.2. The lowest BCUT2D eigenvalue weighted by atomic mass is 10.0. The number of benzene rings is 2. The molecule has 0 bridgehead atoms. The third-order valence-corrected chi connectivity index (χ3v) is 6.93. The smallest absolute Gasteiger partial charge is 0.183 e. The van der Waals surface area contributed by atoms with Gasteiger partial charge < -0.3 is 5.11 Å². The Morgan fingerprint density at radius 3 is 2.25 bits per heavy atom. The number of halogens is 1. The molecular weight excluding hydrogens is 329 g/mol. The summed E-state index contributed by atoms with van der Waals surface area (Å²) >= 11 is 0. The summed E-state index contributed by atoms with van der Waals surface area (Å²) in [7, 11) is -3.80. The fourth-order valence-electron chi connectivity index (χ4n) is 3.23. The maximum Gasteiger partial charge on any atom is 0.183 e. The van der Waals surface area contributed by atoms with Gasteiger partial charge in [0.05, 0.1) is 22.8 Å². The zero-order valence-electron chi connectivity index (χ0n) is 13.0. The van der Waals surface area contributed by atoms with E-state index in [-0.39, 0.29) is 4.90 Å². The molecule has 0 spiro atoms. The van der Waals surface area contributed by atoms with Crippen molar-refractivity contribution in [3.05, 3.63) is 65.5 Å². The molecule has 4 nitrogen and oxygen atoms in total. The van der Waals surface area contributed by atoms with E-state index in [4.69, 9.17) is 0 Å². The SMILES string of the molecule is Cc1ccc(S(=O)(=O)C2C(c3ccc(F)cc3)C2(C#N)CO)cc1. The fraction of sp³-hybridized carbons (Fsp3) is 0.278. The second kappa shape index (κ2) is 5.69. The van der Waals surface area contributed by atoms with Gasteiger partial charge in [0.25, 0.3) is 0 Å². The molecule has 1 saturated carbocycles. The van der Waals surface area contributed by atoms with Gasteiger partial charge in [-0.1, -0.05) is 29.8 Å². The predicted octanol–water partition coefficient (Wildman–Crippen LogP) is 2.58. The van der Waals surface area contributed by atoms with E-state index in [0.717, 1.165) is 5.56 Å². The van der Waals surface area contributed by atoms with Crippen LogP contribution in [0.1, 0.15) is 17.0 Å². The highest BCUT2D eigenvalue weighted by Crippen LogP contribution is 2.63. The van der Waals surface area contributed by atoms with E-state index in [1.165, 1.54) is 36.4 Å². The van der Waals surface area contributed by atoms with E-state index in [0.29, 0.717) is 5.56 Å². The molecule has 24 heavy (non-hydrogen) atoms. The molecule has 1 fully saturated rings. The van der Waals surface area contributed by atoms with Crippen molar-refractivity contribution in [2.45, 2.75) is 23.0 Å². The highest BCUT2D eigenvalue weighted by atomic mass is 32.2. The first-order chi connectivity index (χ1) is 11.4. The van der Waals surface area contributed by atoms with Gasteiger partial charge in [0.15, 0.2) is 9.84 Å². The summed E-state index contributed by atoms with van der Waals surface area (Å²) in [4.78, 5) is 0.121. The lowest BCUT2D eigenvalue weighted by Gasteiger charge is -2.06. The van der Waals surface area contributed by atoms with E-state index in [1.807, 2.05) is 13.0 Å². The molecule has 6 heteroatoms. The van der Waals surface area contributed by atoms with Crippen LogP contribution < -0.4 is 0 Å². The number of nitrogens with zero attached hydrogens (tertiary/aromatic N) is 1. The number of aliphatic hydroxyl groups excluding tert-OH is 1. The monoisotopic (exact) mass is 345 g/mol. The highest BCUT2D eigenvalue weighted by molar-refractivity contribution is 7.92. The van der Waals surface area contributed by atoms with Crippen LogP contribution in [-0.2, 0) is 9.84 Å². The topological polar surface area (TPSA) is 78.2 Å². The summed E-state index contributed by atoms with van der Waals surface area (Å²) in [5.41, 5.74) is 0.0582. The highest BCUT2D eigenvalue weighted by Gasteiger charge is 2.72. The molecule has 2 aromatic carbocycles. The van der Waals surface area contributed by atoms with Gasteiger partial charge in [-0.25, -0.2) is 12.8 Å². The molecule has 0 aliphatic heterocycles. The average molecular weight is 345 g/mol. The summed E-state index contributed by atoms with van der Waals surface area (Å²) in [6, 6.07) is 13.7. The number of aryl methyl sites for hydroxylation is 1. The van der Waals surface area contributed by atoms with Crippen LogP contribution in [0.25, 0.3) is 0 Å². The molecule has 1 aliphatic rings. The normalized spacial score (nSPS) is 25.9. The van der Waals surface area contributed by atoms with E-state index >= 15 is 0 Å². The minimum atomic E-state index is -3.80. The first kappa shape index (κ1) is 16.6. The van der Waals surface area contributed by atoms with E-state index < -0.39 is 38.8 Å². The standard InChI is InChI=1S/C18H16FNO3S/c1-12-2-8-15(9-3-12)24(22,23)17-16(18(17,10-20)11-21)13-4-6-14(19)7-5-13/h2-9,16-17,21H,11H2,1H3. The number of hydrogen-bond donors (Lipinski definition) is 1. The fourth-order valence-corrected chi connectivity index (χ4v) is 5.55. The second-order valence-corrected chi connectivity index (χ2v) is 8.19. The number of hydrogen-bond acceptors (Lipinski definition) is 4.